The van der Waals surface area contributed by atoms with E-state index >= 15 is 0 Å². The van der Waals surface area contributed by atoms with Gasteiger partial charge in [-0.1, -0.05) is 135 Å². The summed E-state index contributed by atoms with van der Waals surface area (Å²) in [4.78, 5) is 27.0. The second kappa shape index (κ2) is 24.9. The maximum absolute atomic E-state index is 12.7. The third kappa shape index (κ3) is 18.8. The zero-order chi connectivity index (χ0) is 28.4. The van der Waals surface area contributed by atoms with Crippen molar-refractivity contribution < 1.29 is 14.3 Å². The van der Waals surface area contributed by atoms with E-state index in [0.29, 0.717) is 18.7 Å². The van der Waals surface area contributed by atoms with Crippen molar-refractivity contribution in [3.8, 4) is 0 Å². The zero-order valence-corrected chi connectivity index (χ0v) is 25.5. The number of amides is 2. The summed E-state index contributed by atoms with van der Waals surface area (Å²) in [5.74, 6) is -0.0999. The van der Waals surface area contributed by atoms with Gasteiger partial charge in [-0.3, -0.25) is 4.79 Å². The first-order chi connectivity index (χ1) is 19.1. The van der Waals surface area contributed by atoms with Gasteiger partial charge in [-0.05, 0) is 25.6 Å². The summed E-state index contributed by atoms with van der Waals surface area (Å²) in [7, 11) is 0. The standard InChI is InChI=1S/C33H59N3O3/c1-4-7-8-9-10-11-12-13-14-15-16-17-18-19-20-23-26-34-32(37)31-25-22-21-24-30(31)29-39-33(38)35-27-28-36(5-2)6-3/h21-22,24-25H,4-20,23,26-29H2,1-3H3,(H,34,37)(H,35,38). The Kier molecular flexibility index (Phi) is 22.3. The topological polar surface area (TPSA) is 70.7 Å². The fraction of sp³-hybridized carbons (Fsp3) is 0.758. The number of hydrogen-bond acceptors (Lipinski definition) is 4. The van der Waals surface area contributed by atoms with Gasteiger partial charge in [-0.2, -0.15) is 0 Å². The average Bonchev–Trinajstić information content (AvgIpc) is 2.96. The van der Waals surface area contributed by atoms with Gasteiger partial charge in [0, 0.05) is 30.8 Å². The molecule has 1 aromatic carbocycles. The van der Waals surface area contributed by atoms with E-state index in [9.17, 15) is 9.59 Å². The van der Waals surface area contributed by atoms with Crippen LogP contribution in [0.25, 0.3) is 0 Å². The van der Waals surface area contributed by atoms with Crippen LogP contribution in [0.2, 0.25) is 0 Å². The minimum atomic E-state index is -0.453. The molecule has 0 saturated heterocycles. The number of benzene rings is 1. The largest absolute Gasteiger partial charge is 0.445 e. The summed E-state index contributed by atoms with van der Waals surface area (Å²) in [6.45, 7) is 10.5. The number of alkyl carbamates (subject to hydrolysis) is 1. The van der Waals surface area contributed by atoms with E-state index in [4.69, 9.17) is 4.74 Å². The Morgan fingerprint density at radius 1 is 0.667 bits per heavy atom. The molecular formula is C33H59N3O3. The highest BCUT2D eigenvalue weighted by atomic mass is 16.5. The first-order valence-electron chi connectivity index (χ1n) is 16.1. The lowest BCUT2D eigenvalue weighted by Crippen LogP contribution is -2.35. The van der Waals surface area contributed by atoms with Crippen LogP contribution in [0.4, 0.5) is 4.79 Å². The molecule has 2 amide bonds. The summed E-state index contributed by atoms with van der Waals surface area (Å²) in [5.41, 5.74) is 1.30. The number of likely N-dealkylation sites (N-methyl/N-ethyl adjacent to an activating group) is 1. The summed E-state index contributed by atoms with van der Waals surface area (Å²) >= 11 is 0. The molecule has 2 N–H and O–H groups in total. The van der Waals surface area contributed by atoms with Gasteiger partial charge in [-0.15, -0.1) is 0 Å². The van der Waals surface area contributed by atoms with E-state index in [1.165, 1.54) is 89.9 Å². The van der Waals surface area contributed by atoms with E-state index in [-0.39, 0.29) is 12.5 Å². The summed E-state index contributed by atoms with van der Waals surface area (Å²) in [6.07, 6.45) is 21.0. The molecule has 6 heteroatoms. The first kappa shape index (κ1) is 34.9. The summed E-state index contributed by atoms with van der Waals surface area (Å²) < 4.78 is 5.36. The number of unbranched alkanes of at least 4 members (excludes halogenated alkanes) is 15. The van der Waals surface area contributed by atoms with Gasteiger partial charge in [0.2, 0.25) is 0 Å². The monoisotopic (exact) mass is 545 g/mol. The van der Waals surface area contributed by atoms with Gasteiger partial charge in [0.25, 0.3) is 5.91 Å². The summed E-state index contributed by atoms with van der Waals surface area (Å²) in [6, 6.07) is 7.34. The second-order valence-corrected chi connectivity index (χ2v) is 10.7. The van der Waals surface area contributed by atoms with Crippen LogP contribution >= 0.6 is 0 Å². The van der Waals surface area contributed by atoms with Crippen LogP contribution in [-0.4, -0.2) is 49.6 Å². The van der Waals surface area contributed by atoms with Crippen LogP contribution in [-0.2, 0) is 11.3 Å². The highest BCUT2D eigenvalue weighted by Crippen LogP contribution is 2.14. The number of ether oxygens (including phenoxy) is 1. The van der Waals surface area contributed by atoms with Crippen LogP contribution in [0, 0.1) is 0 Å². The molecule has 0 aliphatic rings. The molecule has 0 saturated carbocycles. The number of hydrogen-bond donors (Lipinski definition) is 2. The van der Waals surface area contributed by atoms with Crippen LogP contribution in [0.15, 0.2) is 24.3 Å². The van der Waals surface area contributed by atoms with Gasteiger partial charge in [0.05, 0.1) is 0 Å². The van der Waals surface area contributed by atoms with Gasteiger partial charge >= 0.3 is 6.09 Å². The molecular weight excluding hydrogens is 486 g/mol. The van der Waals surface area contributed by atoms with Crippen molar-refractivity contribution >= 4 is 12.0 Å². The Labute approximate surface area is 240 Å². The number of rotatable bonds is 25. The molecule has 224 valence electrons. The molecule has 1 rings (SSSR count). The second-order valence-electron chi connectivity index (χ2n) is 10.7. The molecule has 0 aliphatic carbocycles. The molecule has 0 bridgehead atoms. The van der Waals surface area contributed by atoms with Crippen LogP contribution in [0.5, 0.6) is 0 Å². The summed E-state index contributed by atoms with van der Waals surface area (Å²) in [5, 5.41) is 5.82. The lowest BCUT2D eigenvalue weighted by Gasteiger charge is -2.18. The van der Waals surface area contributed by atoms with Gasteiger partial charge in [-0.25, -0.2) is 4.79 Å². The van der Waals surface area contributed by atoms with E-state index in [0.717, 1.165) is 38.0 Å². The molecule has 6 nitrogen and oxygen atoms in total. The highest BCUT2D eigenvalue weighted by Gasteiger charge is 2.12. The Morgan fingerprint density at radius 2 is 1.18 bits per heavy atom. The normalized spacial score (nSPS) is 11.1. The molecule has 0 unspecified atom stereocenters. The molecule has 0 heterocycles. The molecule has 0 atom stereocenters. The maximum Gasteiger partial charge on any atom is 0.407 e. The number of carbonyl (C=O) groups is 2. The van der Waals surface area contributed by atoms with Crippen molar-refractivity contribution in [2.24, 2.45) is 0 Å². The number of nitrogens with one attached hydrogen (secondary N) is 2. The Morgan fingerprint density at radius 3 is 1.72 bits per heavy atom. The molecule has 39 heavy (non-hydrogen) atoms. The molecule has 0 spiro atoms. The van der Waals surface area contributed by atoms with Gasteiger partial charge in [0.15, 0.2) is 0 Å². The van der Waals surface area contributed by atoms with Gasteiger partial charge < -0.3 is 20.3 Å². The molecule has 1 aromatic rings. The lowest BCUT2D eigenvalue weighted by molar-refractivity contribution is 0.0946. The third-order valence-electron chi connectivity index (χ3n) is 7.53. The van der Waals surface area contributed by atoms with E-state index in [1.54, 1.807) is 6.07 Å². The quantitative estimate of drug-likeness (QED) is 0.121. The number of carbonyl (C=O) groups excluding carboxylic acids is 2. The van der Waals surface area contributed by atoms with Crippen LogP contribution in [0.1, 0.15) is 139 Å². The van der Waals surface area contributed by atoms with E-state index < -0.39 is 6.09 Å². The Balaban J connectivity index is 2.07. The van der Waals surface area contributed by atoms with Gasteiger partial charge in [0.1, 0.15) is 6.61 Å². The van der Waals surface area contributed by atoms with Crippen molar-refractivity contribution in [2.75, 3.05) is 32.7 Å². The highest BCUT2D eigenvalue weighted by molar-refractivity contribution is 5.95. The van der Waals surface area contributed by atoms with Crippen molar-refractivity contribution in [3.05, 3.63) is 35.4 Å². The van der Waals surface area contributed by atoms with Crippen molar-refractivity contribution in [1.82, 2.24) is 15.5 Å². The predicted octanol–water partition coefficient (Wildman–Crippen LogP) is 8.25. The predicted molar refractivity (Wildman–Crippen MR) is 164 cm³/mol. The van der Waals surface area contributed by atoms with Crippen molar-refractivity contribution in [3.63, 3.8) is 0 Å². The number of nitrogens with zero attached hydrogens (tertiary/aromatic N) is 1. The zero-order valence-electron chi connectivity index (χ0n) is 25.5. The fourth-order valence-electron chi connectivity index (χ4n) is 4.89. The third-order valence-corrected chi connectivity index (χ3v) is 7.53. The fourth-order valence-corrected chi connectivity index (χ4v) is 4.89. The smallest absolute Gasteiger partial charge is 0.407 e. The van der Waals surface area contributed by atoms with Crippen LogP contribution in [0.3, 0.4) is 0 Å². The average molecular weight is 546 g/mol. The molecule has 0 aromatic heterocycles. The van der Waals surface area contributed by atoms with E-state index in [1.807, 2.05) is 18.2 Å². The Bertz CT molecular complexity index is 737. The van der Waals surface area contributed by atoms with Crippen molar-refractivity contribution in [1.29, 1.82) is 0 Å². The molecule has 0 fully saturated rings. The maximum atomic E-state index is 12.7. The van der Waals surface area contributed by atoms with Crippen LogP contribution < -0.4 is 10.6 Å². The van der Waals surface area contributed by atoms with E-state index in [2.05, 4.69) is 36.3 Å². The molecule has 0 aliphatic heterocycles. The minimum absolute atomic E-state index is 0.0831. The Hall–Kier alpha value is -2.08. The van der Waals surface area contributed by atoms with Crippen molar-refractivity contribution in [2.45, 2.75) is 130 Å². The minimum Gasteiger partial charge on any atom is -0.445 e. The lowest BCUT2D eigenvalue weighted by atomic mass is 10.0. The first-order valence-corrected chi connectivity index (χ1v) is 16.1. The molecule has 0 radical (unpaired) electrons. The SMILES string of the molecule is CCCCCCCCCCCCCCCCCCNC(=O)c1ccccc1COC(=O)NCCN(CC)CC.